The van der Waals surface area contributed by atoms with Crippen LogP contribution in [0.4, 0.5) is 13.2 Å². The summed E-state index contributed by atoms with van der Waals surface area (Å²) >= 11 is 0. The molecule has 1 aromatic rings. The first kappa shape index (κ1) is 17.8. The van der Waals surface area contributed by atoms with Crippen LogP contribution in [0.5, 0.6) is 0 Å². The van der Waals surface area contributed by atoms with Gasteiger partial charge >= 0.3 is 12.1 Å². The Morgan fingerprint density at radius 3 is 2.62 bits per heavy atom. The van der Waals surface area contributed by atoms with Crippen molar-refractivity contribution >= 4 is 17.8 Å². The predicted molar refractivity (Wildman–Crippen MR) is 76.3 cm³/mol. The molecule has 1 fully saturated rings. The number of amides is 2. The number of likely N-dealkylation sites (tertiary alicyclic amines) is 1. The number of benzene rings is 1. The Morgan fingerprint density at radius 1 is 1.33 bits per heavy atom. The maximum Gasteiger partial charge on any atom is 0.406 e. The van der Waals surface area contributed by atoms with Crippen molar-refractivity contribution in [1.82, 2.24) is 10.2 Å². The average molecular weight is 344 g/mol. The topological polar surface area (TPSA) is 75.7 Å². The van der Waals surface area contributed by atoms with Crippen LogP contribution in [0.25, 0.3) is 0 Å². The van der Waals surface area contributed by atoms with Crippen LogP contribution < -0.4 is 5.32 Å². The minimum atomic E-state index is -4.48. The third-order valence-corrected chi connectivity index (χ3v) is 3.47. The highest BCUT2D eigenvalue weighted by atomic mass is 19.4. The number of ether oxygens (including phenoxy) is 1. The SMILES string of the molecule is COC(=O)c1cccc(C(=O)N[C@@H]2CC(=O)N(CC(F)(F)F)C2)c1. The molecule has 1 aliphatic heterocycles. The number of rotatable bonds is 4. The van der Waals surface area contributed by atoms with Gasteiger partial charge in [0.2, 0.25) is 5.91 Å². The summed E-state index contributed by atoms with van der Waals surface area (Å²) in [6.45, 7) is -1.54. The van der Waals surface area contributed by atoms with Gasteiger partial charge in [0.05, 0.1) is 18.7 Å². The van der Waals surface area contributed by atoms with Gasteiger partial charge in [-0.15, -0.1) is 0 Å². The smallest absolute Gasteiger partial charge is 0.406 e. The Bertz CT molecular complexity index is 660. The van der Waals surface area contributed by atoms with Crippen molar-refractivity contribution in [2.75, 3.05) is 20.2 Å². The number of esters is 1. The molecule has 6 nitrogen and oxygen atoms in total. The van der Waals surface area contributed by atoms with E-state index in [0.717, 1.165) is 0 Å². The molecule has 1 N–H and O–H groups in total. The summed E-state index contributed by atoms with van der Waals surface area (Å²) in [7, 11) is 1.20. The zero-order valence-corrected chi connectivity index (χ0v) is 12.7. The van der Waals surface area contributed by atoms with E-state index in [1.807, 2.05) is 0 Å². The van der Waals surface area contributed by atoms with Crippen LogP contribution in [0.2, 0.25) is 0 Å². The lowest BCUT2D eigenvalue weighted by Gasteiger charge is -2.18. The number of nitrogens with zero attached hydrogens (tertiary/aromatic N) is 1. The molecule has 2 rings (SSSR count). The number of halogens is 3. The van der Waals surface area contributed by atoms with E-state index in [9.17, 15) is 27.6 Å². The minimum Gasteiger partial charge on any atom is -0.465 e. The van der Waals surface area contributed by atoms with Crippen molar-refractivity contribution in [3.63, 3.8) is 0 Å². The highest BCUT2D eigenvalue weighted by molar-refractivity contribution is 5.98. The molecule has 9 heteroatoms. The van der Waals surface area contributed by atoms with E-state index in [0.29, 0.717) is 4.90 Å². The second-order valence-electron chi connectivity index (χ2n) is 5.34. The van der Waals surface area contributed by atoms with Gasteiger partial charge in [-0.2, -0.15) is 13.2 Å². The normalized spacial score (nSPS) is 17.8. The van der Waals surface area contributed by atoms with Gasteiger partial charge < -0.3 is 15.0 Å². The number of carbonyl (C=O) groups excluding carboxylic acids is 3. The standard InChI is InChI=1S/C15H15F3N2O4/c1-24-14(23)10-4-2-3-9(5-10)13(22)19-11-6-12(21)20(7-11)8-15(16,17)18/h2-5,11H,6-8H2,1H3,(H,19,22)/t11-/m1/s1. The first-order valence-corrected chi connectivity index (χ1v) is 7.03. The van der Waals surface area contributed by atoms with E-state index in [2.05, 4.69) is 10.1 Å². The Kier molecular flexibility index (Phi) is 5.10. The molecule has 1 saturated heterocycles. The largest absolute Gasteiger partial charge is 0.465 e. The van der Waals surface area contributed by atoms with E-state index in [4.69, 9.17) is 0 Å². The second-order valence-corrected chi connectivity index (χ2v) is 5.34. The molecule has 0 bridgehead atoms. The lowest BCUT2D eigenvalue weighted by atomic mass is 10.1. The molecule has 0 unspecified atom stereocenters. The highest BCUT2D eigenvalue weighted by Crippen LogP contribution is 2.21. The first-order chi connectivity index (χ1) is 11.2. The molecular formula is C15H15F3N2O4. The van der Waals surface area contributed by atoms with Gasteiger partial charge in [-0.1, -0.05) is 6.07 Å². The highest BCUT2D eigenvalue weighted by Gasteiger charge is 2.38. The first-order valence-electron chi connectivity index (χ1n) is 7.03. The maximum atomic E-state index is 12.4. The third kappa shape index (κ3) is 4.46. The van der Waals surface area contributed by atoms with Crippen LogP contribution in [0.15, 0.2) is 24.3 Å². The minimum absolute atomic E-state index is 0.152. The molecule has 0 aromatic heterocycles. The Balaban J connectivity index is 2.01. The summed E-state index contributed by atoms with van der Waals surface area (Å²) in [4.78, 5) is 35.8. The summed E-state index contributed by atoms with van der Waals surface area (Å²) in [5, 5.41) is 2.50. The van der Waals surface area contributed by atoms with Crippen LogP contribution in [-0.4, -0.2) is 55.1 Å². The fraction of sp³-hybridized carbons (Fsp3) is 0.400. The van der Waals surface area contributed by atoms with Gasteiger partial charge in [0.25, 0.3) is 5.91 Å². The maximum absolute atomic E-state index is 12.4. The van der Waals surface area contributed by atoms with Crippen molar-refractivity contribution in [1.29, 1.82) is 0 Å². The number of carbonyl (C=O) groups is 3. The Morgan fingerprint density at radius 2 is 2.00 bits per heavy atom. The van der Waals surface area contributed by atoms with Gasteiger partial charge in [0.15, 0.2) is 0 Å². The van der Waals surface area contributed by atoms with E-state index in [1.54, 1.807) is 0 Å². The van der Waals surface area contributed by atoms with Gasteiger partial charge in [-0.3, -0.25) is 9.59 Å². The van der Waals surface area contributed by atoms with Gasteiger partial charge in [-0.25, -0.2) is 4.79 Å². The molecule has 0 spiro atoms. The molecule has 130 valence electrons. The molecule has 2 amide bonds. The van der Waals surface area contributed by atoms with Crippen molar-refractivity contribution in [3.05, 3.63) is 35.4 Å². The van der Waals surface area contributed by atoms with Crippen molar-refractivity contribution in [3.8, 4) is 0 Å². The van der Waals surface area contributed by atoms with E-state index < -0.39 is 36.5 Å². The zero-order valence-electron chi connectivity index (χ0n) is 12.7. The van der Waals surface area contributed by atoms with Crippen molar-refractivity contribution in [2.45, 2.75) is 18.6 Å². The third-order valence-electron chi connectivity index (χ3n) is 3.47. The van der Waals surface area contributed by atoms with Crippen LogP contribution in [0, 0.1) is 0 Å². The molecule has 1 atom stereocenters. The zero-order chi connectivity index (χ0) is 17.9. The predicted octanol–water partition coefficient (Wildman–Crippen LogP) is 1.37. The van der Waals surface area contributed by atoms with Crippen molar-refractivity contribution in [2.24, 2.45) is 0 Å². The fourth-order valence-electron chi connectivity index (χ4n) is 2.41. The van der Waals surface area contributed by atoms with Crippen molar-refractivity contribution < 1.29 is 32.3 Å². The molecule has 1 aromatic carbocycles. The Hall–Kier alpha value is -2.58. The quantitative estimate of drug-likeness (QED) is 0.837. The molecule has 24 heavy (non-hydrogen) atoms. The molecule has 1 aliphatic rings. The van der Waals surface area contributed by atoms with E-state index in [-0.39, 0.29) is 24.1 Å². The molecule has 0 aliphatic carbocycles. The second kappa shape index (κ2) is 6.90. The number of methoxy groups -OCH3 is 1. The Labute approximate surface area is 135 Å². The summed E-state index contributed by atoms with van der Waals surface area (Å²) in [6.07, 6.45) is -4.68. The summed E-state index contributed by atoms with van der Waals surface area (Å²) in [5.74, 6) is -1.86. The van der Waals surface area contributed by atoms with E-state index in [1.165, 1.54) is 31.4 Å². The molecule has 0 saturated carbocycles. The van der Waals surface area contributed by atoms with Crippen LogP contribution in [-0.2, 0) is 9.53 Å². The monoisotopic (exact) mass is 344 g/mol. The van der Waals surface area contributed by atoms with Gasteiger partial charge in [0.1, 0.15) is 6.54 Å². The summed E-state index contributed by atoms with van der Waals surface area (Å²) in [6, 6.07) is 5.00. The molecule has 1 heterocycles. The van der Waals surface area contributed by atoms with E-state index >= 15 is 0 Å². The van der Waals surface area contributed by atoms with Gasteiger partial charge in [0, 0.05) is 18.5 Å². The number of hydrogen-bond acceptors (Lipinski definition) is 4. The van der Waals surface area contributed by atoms with Gasteiger partial charge in [-0.05, 0) is 18.2 Å². The fourth-order valence-corrected chi connectivity index (χ4v) is 2.41. The lowest BCUT2D eigenvalue weighted by molar-refractivity contribution is -0.157. The number of alkyl halides is 3. The number of hydrogen-bond donors (Lipinski definition) is 1. The van der Waals surface area contributed by atoms with Crippen LogP contribution >= 0.6 is 0 Å². The number of nitrogens with one attached hydrogen (secondary N) is 1. The summed E-state index contributed by atoms with van der Waals surface area (Å²) in [5.41, 5.74) is 0.325. The molecular weight excluding hydrogens is 329 g/mol. The average Bonchev–Trinajstić information content (AvgIpc) is 2.84. The van der Waals surface area contributed by atoms with Crippen LogP contribution in [0.1, 0.15) is 27.1 Å². The molecule has 0 radical (unpaired) electrons. The summed E-state index contributed by atoms with van der Waals surface area (Å²) < 4.78 is 41.6. The van der Waals surface area contributed by atoms with Crippen LogP contribution in [0.3, 0.4) is 0 Å². The lowest BCUT2D eigenvalue weighted by Crippen LogP contribution is -2.39.